The van der Waals surface area contributed by atoms with Gasteiger partial charge in [0.05, 0.1) is 0 Å². The summed E-state index contributed by atoms with van der Waals surface area (Å²) in [5, 5.41) is 18.1. The Kier molecular flexibility index (Phi) is 4.26. The summed E-state index contributed by atoms with van der Waals surface area (Å²) in [6, 6.07) is 0. The lowest BCUT2D eigenvalue weighted by molar-refractivity contribution is -0.137. The van der Waals surface area contributed by atoms with Gasteiger partial charge in [0.2, 0.25) is 5.88 Å². The molecule has 1 heterocycles. The van der Waals surface area contributed by atoms with E-state index in [-0.39, 0.29) is 19.3 Å². The molecule has 0 fully saturated rings. The van der Waals surface area contributed by atoms with E-state index in [1.54, 1.807) is 0 Å². The third-order valence-electron chi connectivity index (χ3n) is 2.71. The summed E-state index contributed by atoms with van der Waals surface area (Å²) in [5.41, 5.74) is -2.12. The number of carboxylic acid groups (broad SMARTS) is 1. The molecule has 0 atom stereocenters. The standard InChI is InChI=1S/C11H14N2O6/c1-12-9(17)8(10(18)13(2)11(12)19)6(14)4-3-5-7(15)16/h17H,3-5H2,1-2H3,(H,15,16). The monoisotopic (exact) mass is 270 g/mol. The Morgan fingerprint density at radius 1 is 1.11 bits per heavy atom. The Balaban J connectivity index is 3.14. The van der Waals surface area contributed by atoms with E-state index in [9.17, 15) is 24.3 Å². The van der Waals surface area contributed by atoms with Crippen molar-refractivity contribution < 1.29 is 19.8 Å². The largest absolute Gasteiger partial charge is 0.494 e. The number of aliphatic carboxylic acids is 1. The smallest absolute Gasteiger partial charge is 0.333 e. The van der Waals surface area contributed by atoms with Crippen molar-refractivity contribution in [2.24, 2.45) is 14.1 Å². The molecule has 0 spiro atoms. The van der Waals surface area contributed by atoms with Crippen LogP contribution in [0.4, 0.5) is 0 Å². The van der Waals surface area contributed by atoms with Gasteiger partial charge in [0.1, 0.15) is 5.56 Å². The normalized spacial score (nSPS) is 10.4. The number of aromatic nitrogens is 2. The fraction of sp³-hybridized carbons (Fsp3) is 0.455. The minimum Gasteiger partial charge on any atom is -0.494 e. The van der Waals surface area contributed by atoms with Crippen LogP contribution in [0.25, 0.3) is 0 Å². The Morgan fingerprint density at radius 3 is 2.21 bits per heavy atom. The van der Waals surface area contributed by atoms with E-state index in [1.165, 1.54) is 14.1 Å². The second-order valence-corrected chi connectivity index (χ2v) is 4.07. The minimum absolute atomic E-state index is 0.0552. The van der Waals surface area contributed by atoms with Gasteiger partial charge in [-0.05, 0) is 6.42 Å². The molecule has 0 unspecified atom stereocenters. The number of nitrogens with zero attached hydrogens (tertiary/aromatic N) is 2. The number of hydrogen-bond donors (Lipinski definition) is 2. The number of carboxylic acids is 1. The van der Waals surface area contributed by atoms with Crippen LogP contribution in [-0.2, 0) is 18.9 Å². The molecule has 19 heavy (non-hydrogen) atoms. The summed E-state index contributed by atoms with van der Waals surface area (Å²) in [6.07, 6.45) is -0.342. The van der Waals surface area contributed by atoms with Crippen LogP contribution in [0, 0.1) is 0 Å². The molecule has 2 N–H and O–H groups in total. The highest BCUT2D eigenvalue weighted by Gasteiger charge is 2.21. The first-order chi connectivity index (χ1) is 8.77. The lowest BCUT2D eigenvalue weighted by Gasteiger charge is -2.09. The molecule has 0 saturated carbocycles. The van der Waals surface area contributed by atoms with Crippen molar-refractivity contribution in [3.8, 4) is 5.88 Å². The van der Waals surface area contributed by atoms with Crippen molar-refractivity contribution in [1.29, 1.82) is 0 Å². The molecule has 0 aliphatic heterocycles. The van der Waals surface area contributed by atoms with E-state index in [4.69, 9.17) is 5.11 Å². The molecule has 0 bridgehead atoms. The van der Waals surface area contributed by atoms with Gasteiger partial charge >= 0.3 is 11.7 Å². The number of Topliss-reactive ketones (excluding diaryl/α,β-unsaturated/α-hetero) is 1. The Hall–Kier alpha value is -2.38. The maximum absolute atomic E-state index is 11.8. The highest BCUT2D eigenvalue weighted by Crippen LogP contribution is 2.12. The van der Waals surface area contributed by atoms with Crippen LogP contribution in [0.3, 0.4) is 0 Å². The number of hydrogen-bond acceptors (Lipinski definition) is 5. The Bertz CT molecular complexity index is 640. The minimum atomic E-state index is -1.05. The third kappa shape index (κ3) is 2.90. The van der Waals surface area contributed by atoms with Crippen LogP contribution in [-0.4, -0.2) is 31.1 Å². The fourth-order valence-electron chi connectivity index (χ4n) is 1.60. The van der Waals surface area contributed by atoms with Crippen LogP contribution < -0.4 is 11.2 Å². The summed E-state index contributed by atoms with van der Waals surface area (Å²) >= 11 is 0. The second kappa shape index (κ2) is 5.51. The van der Waals surface area contributed by atoms with Crippen LogP contribution in [0.5, 0.6) is 5.88 Å². The third-order valence-corrected chi connectivity index (χ3v) is 2.71. The first kappa shape index (κ1) is 14.7. The average molecular weight is 270 g/mol. The number of aromatic hydroxyl groups is 1. The maximum atomic E-state index is 11.8. The van der Waals surface area contributed by atoms with E-state index in [1.807, 2.05) is 0 Å². The van der Waals surface area contributed by atoms with Gasteiger partial charge in [-0.15, -0.1) is 0 Å². The van der Waals surface area contributed by atoms with Crippen LogP contribution in [0.15, 0.2) is 9.59 Å². The molecule has 1 aromatic heterocycles. The zero-order valence-corrected chi connectivity index (χ0v) is 10.5. The number of ketones is 1. The molecule has 0 saturated heterocycles. The zero-order chi connectivity index (χ0) is 14.7. The van der Waals surface area contributed by atoms with Gasteiger partial charge in [-0.3, -0.25) is 23.5 Å². The van der Waals surface area contributed by atoms with Crippen molar-refractivity contribution in [3.05, 3.63) is 26.4 Å². The SMILES string of the molecule is Cn1c(O)c(C(=O)CCCC(=O)O)c(=O)n(C)c1=O. The molecule has 0 aliphatic carbocycles. The van der Waals surface area contributed by atoms with Crippen LogP contribution >= 0.6 is 0 Å². The first-order valence-corrected chi connectivity index (χ1v) is 5.51. The van der Waals surface area contributed by atoms with Crippen molar-refractivity contribution >= 4 is 11.8 Å². The highest BCUT2D eigenvalue weighted by atomic mass is 16.4. The van der Waals surface area contributed by atoms with Gasteiger partial charge < -0.3 is 10.2 Å². The van der Waals surface area contributed by atoms with Crippen LogP contribution in [0.2, 0.25) is 0 Å². The summed E-state index contributed by atoms with van der Waals surface area (Å²) in [5.74, 6) is -2.44. The van der Waals surface area contributed by atoms with Gasteiger partial charge in [0, 0.05) is 26.9 Å². The topological polar surface area (TPSA) is 119 Å². The van der Waals surface area contributed by atoms with Gasteiger partial charge in [0.15, 0.2) is 5.78 Å². The molecule has 0 radical (unpaired) electrons. The zero-order valence-electron chi connectivity index (χ0n) is 10.5. The molecular formula is C11H14N2O6. The molecule has 104 valence electrons. The molecule has 1 aromatic rings. The van der Waals surface area contributed by atoms with Crippen molar-refractivity contribution in [2.45, 2.75) is 19.3 Å². The predicted octanol–water partition coefficient (Wildman–Crippen LogP) is -0.773. The van der Waals surface area contributed by atoms with E-state index in [0.717, 1.165) is 4.57 Å². The van der Waals surface area contributed by atoms with Gasteiger partial charge in [-0.2, -0.15) is 0 Å². The van der Waals surface area contributed by atoms with Crippen LogP contribution in [0.1, 0.15) is 29.6 Å². The van der Waals surface area contributed by atoms with Crippen molar-refractivity contribution in [1.82, 2.24) is 9.13 Å². The van der Waals surface area contributed by atoms with E-state index in [0.29, 0.717) is 4.57 Å². The number of carbonyl (C=O) groups excluding carboxylic acids is 1. The maximum Gasteiger partial charge on any atom is 0.333 e. The Labute approximate surface area is 107 Å². The van der Waals surface area contributed by atoms with Gasteiger partial charge in [0.25, 0.3) is 5.56 Å². The second-order valence-electron chi connectivity index (χ2n) is 4.07. The Morgan fingerprint density at radius 2 is 1.68 bits per heavy atom. The molecule has 8 heteroatoms. The average Bonchev–Trinajstić information content (AvgIpc) is 2.34. The van der Waals surface area contributed by atoms with E-state index < -0.39 is 34.4 Å². The molecular weight excluding hydrogens is 256 g/mol. The fourth-order valence-corrected chi connectivity index (χ4v) is 1.60. The lowest BCUT2D eigenvalue weighted by atomic mass is 10.1. The molecule has 8 nitrogen and oxygen atoms in total. The molecule has 0 amide bonds. The van der Waals surface area contributed by atoms with Crippen molar-refractivity contribution in [3.63, 3.8) is 0 Å². The summed E-state index contributed by atoms with van der Waals surface area (Å²) < 4.78 is 1.50. The predicted molar refractivity (Wildman–Crippen MR) is 64.4 cm³/mol. The number of rotatable bonds is 5. The first-order valence-electron chi connectivity index (χ1n) is 5.51. The van der Waals surface area contributed by atoms with Gasteiger partial charge in [-0.25, -0.2) is 4.79 Å². The quantitative estimate of drug-likeness (QED) is 0.678. The molecule has 0 aromatic carbocycles. The van der Waals surface area contributed by atoms with E-state index in [2.05, 4.69) is 0 Å². The summed E-state index contributed by atoms with van der Waals surface area (Å²) in [6.45, 7) is 0. The lowest BCUT2D eigenvalue weighted by Crippen LogP contribution is -2.39. The molecule has 0 aliphatic rings. The van der Waals surface area contributed by atoms with Gasteiger partial charge in [-0.1, -0.05) is 0 Å². The summed E-state index contributed by atoms with van der Waals surface area (Å²) in [7, 11) is 2.42. The number of carbonyl (C=O) groups is 2. The summed E-state index contributed by atoms with van der Waals surface area (Å²) in [4.78, 5) is 45.4. The molecule has 1 rings (SSSR count). The van der Waals surface area contributed by atoms with Crippen molar-refractivity contribution in [2.75, 3.05) is 0 Å². The van der Waals surface area contributed by atoms with E-state index >= 15 is 0 Å². The highest BCUT2D eigenvalue weighted by molar-refractivity contribution is 5.97.